The first-order chi connectivity index (χ1) is 7.16. The molecule has 0 aliphatic heterocycles. The Morgan fingerprint density at radius 3 is 1.88 bits per heavy atom. The Balaban J connectivity index is 3.44. The number of hydrogen-bond donors (Lipinski definition) is 0. The van der Waals surface area contributed by atoms with E-state index >= 15 is 0 Å². The van der Waals surface area contributed by atoms with E-state index in [0.29, 0.717) is 0 Å². The van der Waals surface area contributed by atoms with Crippen LogP contribution in [0.1, 0.15) is 45.0 Å². The van der Waals surface area contributed by atoms with Gasteiger partial charge in [0.25, 0.3) is 12.9 Å². The van der Waals surface area contributed by atoms with Crippen LogP contribution in [0.2, 0.25) is 0 Å². The molecule has 92 valence electrons. The van der Waals surface area contributed by atoms with E-state index in [1.807, 2.05) is 0 Å². The maximum atomic E-state index is 12.8. The Morgan fingerprint density at radius 1 is 1.12 bits per heavy atom. The van der Waals surface area contributed by atoms with Crippen molar-refractivity contribution in [3.8, 4) is 0 Å². The van der Waals surface area contributed by atoms with E-state index in [-0.39, 0.29) is 3.57 Å². The van der Waals surface area contributed by atoms with Crippen LogP contribution >= 0.6 is 22.6 Å². The molecule has 7 heteroatoms. The van der Waals surface area contributed by atoms with Crippen LogP contribution in [0.5, 0.6) is 0 Å². The molecule has 0 aromatic carbocycles. The Kier molecular flexibility index (Phi) is 3.86. The van der Waals surface area contributed by atoms with Crippen molar-refractivity contribution in [2.75, 3.05) is 0 Å². The first-order valence-corrected chi connectivity index (χ1v) is 5.59. The van der Waals surface area contributed by atoms with Crippen LogP contribution in [0.15, 0.2) is 0 Å². The molecule has 1 rings (SSSR count). The molecule has 1 aromatic rings. The van der Waals surface area contributed by atoms with Gasteiger partial charge >= 0.3 is 0 Å². The third-order valence-corrected chi connectivity index (χ3v) is 3.04. The third kappa shape index (κ3) is 2.49. The number of halogens is 5. The molecule has 1 heterocycles. The standard InChI is InChI=1S/C9H11F4IN2/c1-9(2,3)16-6(8(12)13)4(14)5(15-16)7(10)11/h7-8H,1-3H3. The SMILES string of the molecule is CC(C)(C)n1nc(C(F)F)c(I)c1C(F)F. The van der Waals surface area contributed by atoms with Gasteiger partial charge in [-0.2, -0.15) is 5.10 Å². The zero-order chi connectivity index (χ0) is 12.7. The minimum absolute atomic E-state index is 0.155. The molecular weight excluding hydrogens is 339 g/mol. The fraction of sp³-hybridized carbons (Fsp3) is 0.667. The topological polar surface area (TPSA) is 17.8 Å². The quantitative estimate of drug-likeness (QED) is 0.580. The normalized spacial score (nSPS) is 12.9. The number of nitrogens with zero attached hydrogens (tertiary/aromatic N) is 2. The van der Waals surface area contributed by atoms with Crippen LogP contribution in [-0.4, -0.2) is 9.78 Å². The monoisotopic (exact) mass is 350 g/mol. The van der Waals surface area contributed by atoms with E-state index in [1.54, 1.807) is 20.8 Å². The summed E-state index contributed by atoms with van der Waals surface area (Å²) in [5, 5.41) is 3.58. The summed E-state index contributed by atoms with van der Waals surface area (Å²) in [5.74, 6) is 0. The van der Waals surface area contributed by atoms with Gasteiger partial charge in [-0.1, -0.05) is 0 Å². The van der Waals surface area contributed by atoms with Gasteiger partial charge in [-0.15, -0.1) is 0 Å². The van der Waals surface area contributed by atoms with E-state index in [4.69, 9.17) is 0 Å². The molecule has 1 aromatic heterocycles. The number of hydrogen-bond acceptors (Lipinski definition) is 1. The molecule has 0 N–H and O–H groups in total. The van der Waals surface area contributed by atoms with Crippen LogP contribution < -0.4 is 0 Å². The number of alkyl halides is 4. The van der Waals surface area contributed by atoms with E-state index in [9.17, 15) is 17.6 Å². The minimum atomic E-state index is -2.84. The van der Waals surface area contributed by atoms with Gasteiger partial charge in [-0.25, -0.2) is 17.6 Å². The van der Waals surface area contributed by atoms with Gasteiger partial charge in [0.15, 0.2) is 0 Å². The third-order valence-electron chi connectivity index (χ3n) is 1.93. The summed E-state index contributed by atoms with van der Waals surface area (Å²) in [6, 6.07) is 0. The highest BCUT2D eigenvalue weighted by molar-refractivity contribution is 14.1. The first-order valence-electron chi connectivity index (χ1n) is 4.51. The van der Waals surface area contributed by atoms with E-state index in [1.165, 1.54) is 22.6 Å². The zero-order valence-electron chi connectivity index (χ0n) is 8.94. The highest BCUT2D eigenvalue weighted by Gasteiger charge is 2.31. The lowest BCUT2D eigenvalue weighted by molar-refractivity contribution is 0.128. The zero-order valence-corrected chi connectivity index (χ0v) is 11.1. The lowest BCUT2D eigenvalue weighted by Gasteiger charge is -2.22. The summed E-state index contributed by atoms with van der Waals surface area (Å²) >= 11 is 1.49. The first kappa shape index (κ1) is 13.7. The van der Waals surface area contributed by atoms with E-state index in [0.717, 1.165) is 4.68 Å². The van der Waals surface area contributed by atoms with Gasteiger partial charge in [0, 0.05) is 0 Å². The van der Waals surface area contributed by atoms with Gasteiger partial charge < -0.3 is 0 Å². The molecular formula is C9H11F4IN2. The second-order valence-corrected chi connectivity index (χ2v) is 5.35. The summed E-state index contributed by atoms with van der Waals surface area (Å²) in [4.78, 5) is 0. The molecule has 0 fully saturated rings. The molecule has 0 atom stereocenters. The van der Waals surface area contributed by atoms with Crippen LogP contribution in [0.25, 0.3) is 0 Å². The highest BCUT2D eigenvalue weighted by atomic mass is 127. The molecule has 0 saturated carbocycles. The van der Waals surface area contributed by atoms with Crippen molar-refractivity contribution < 1.29 is 17.6 Å². The number of aromatic nitrogens is 2. The number of rotatable bonds is 2. The van der Waals surface area contributed by atoms with Gasteiger partial charge in [-0.05, 0) is 43.4 Å². The average molecular weight is 350 g/mol. The van der Waals surface area contributed by atoms with E-state index in [2.05, 4.69) is 5.10 Å². The molecule has 0 aliphatic carbocycles. The second kappa shape index (κ2) is 4.50. The molecule has 0 saturated heterocycles. The van der Waals surface area contributed by atoms with Crippen LogP contribution in [0.4, 0.5) is 17.6 Å². The Labute approximate surface area is 104 Å². The smallest absolute Gasteiger partial charge is 0.257 e. The van der Waals surface area contributed by atoms with Crippen LogP contribution in [-0.2, 0) is 5.54 Å². The maximum absolute atomic E-state index is 12.8. The molecule has 0 unspecified atom stereocenters. The van der Waals surface area contributed by atoms with Crippen molar-refractivity contribution >= 4 is 22.6 Å². The summed E-state index contributed by atoms with van der Waals surface area (Å²) < 4.78 is 51.5. The molecule has 0 amide bonds. The molecule has 0 bridgehead atoms. The molecule has 0 radical (unpaired) electrons. The fourth-order valence-corrected chi connectivity index (χ4v) is 2.08. The second-order valence-electron chi connectivity index (χ2n) is 4.27. The largest absolute Gasteiger partial charge is 0.283 e. The minimum Gasteiger partial charge on any atom is -0.257 e. The van der Waals surface area contributed by atoms with Gasteiger partial charge in [0.1, 0.15) is 11.4 Å². The van der Waals surface area contributed by atoms with Crippen molar-refractivity contribution in [1.29, 1.82) is 0 Å². The Hall–Kier alpha value is -0.340. The van der Waals surface area contributed by atoms with Crippen LogP contribution in [0.3, 0.4) is 0 Å². The maximum Gasteiger partial charge on any atom is 0.283 e. The van der Waals surface area contributed by atoms with Crippen LogP contribution in [0, 0.1) is 3.57 Å². The summed E-state index contributed by atoms with van der Waals surface area (Å²) in [6.07, 6.45) is -5.65. The fourth-order valence-electron chi connectivity index (χ4n) is 1.27. The molecule has 2 nitrogen and oxygen atoms in total. The van der Waals surface area contributed by atoms with Crippen molar-refractivity contribution in [2.45, 2.75) is 39.2 Å². The molecule has 16 heavy (non-hydrogen) atoms. The summed E-state index contributed by atoms with van der Waals surface area (Å²) in [5.41, 5.74) is -1.77. The Morgan fingerprint density at radius 2 is 1.62 bits per heavy atom. The molecule has 0 spiro atoms. The lowest BCUT2D eigenvalue weighted by Crippen LogP contribution is -2.25. The van der Waals surface area contributed by atoms with Crippen molar-refractivity contribution in [3.63, 3.8) is 0 Å². The Bertz CT molecular complexity index is 382. The molecule has 0 aliphatic rings. The van der Waals surface area contributed by atoms with Gasteiger partial charge in [0.2, 0.25) is 0 Å². The van der Waals surface area contributed by atoms with Crippen molar-refractivity contribution in [3.05, 3.63) is 15.0 Å². The summed E-state index contributed by atoms with van der Waals surface area (Å²) in [6.45, 7) is 4.91. The predicted octanol–water partition coefficient (Wildman–Crippen LogP) is 4.12. The van der Waals surface area contributed by atoms with Crippen molar-refractivity contribution in [1.82, 2.24) is 9.78 Å². The average Bonchev–Trinajstić information content (AvgIpc) is 2.41. The van der Waals surface area contributed by atoms with E-state index < -0.39 is 29.8 Å². The lowest BCUT2D eigenvalue weighted by atomic mass is 10.1. The highest BCUT2D eigenvalue weighted by Crippen LogP contribution is 2.34. The van der Waals surface area contributed by atoms with Crippen molar-refractivity contribution in [2.24, 2.45) is 0 Å². The van der Waals surface area contributed by atoms with Gasteiger partial charge in [0.05, 0.1) is 9.11 Å². The van der Waals surface area contributed by atoms with Gasteiger partial charge in [-0.3, -0.25) is 4.68 Å². The predicted molar refractivity (Wildman–Crippen MR) is 59.9 cm³/mol. The summed E-state index contributed by atoms with van der Waals surface area (Å²) in [7, 11) is 0.